The van der Waals surface area contributed by atoms with E-state index in [0.717, 1.165) is 17.7 Å². The molecule has 2 rings (SSSR count). The minimum atomic E-state index is -0.0621. The molecular formula is C16H25N3OS. The second kappa shape index (κ2) is 8.27. The number of nitrogens with one attached hydrogen (secondary N) is 2. The molecule has 0 aromatic carbocycles. The van der Waals surface area contributed by atoms with E-state index in [-0.39, 0.29) is 12.1 Å². The average Bonchev–Trinajstić information content (AvgIpc) is 2.50. The van der Waals surface area contributed by atoms with Crippen LogP contribution in [0.2, 0.25) is 0 Å². The Hall–Kier alpha value is -1.23. The second-order valence-corrected chi connectivity index (χ2v) is 7.02. The number of rotatable bonds is 5. The number of nitrogens with zero attached hydrogens (tertiary/aromatic N) is 1. The maximum absolute atomic E-state index is 12.2. The first-order valence-corrected chi connectivity index (χ1v) is 8.84. The molecule has 2 N–H and O–H groups in total. The van der Waals surface area contributed by atoms with Crippen molar-refractivity contribution in [3.8, 4) is 0 Å². The van der Waals surface area contributed by atoms with Gasteiger partial charge in [-0.25, -0.2) is 4.79 Å². The van der Waals surface area contributed by atoms with Crippen LogP contribution in [0, 0.1) is 0 Å². The van der Waals surface area contributed by atoms with Crippen molar-refractivity contribution >= 4 is 17.8 Å². The quantitative estimate of drug-likeness (QED) is 0.875. The fraction of sp³-hybridized carbons (Fsp3) is 0.625. The van der Waals surface area contributed by atoms with Crippen molar-refractivity contribution in [2.24, 2.45) is 0 Å². The molecule has 1 aliphatic carbocycles. The zero-order valence-corrected chi connectivity index (χ0v) is 13.7. The Kier molecular flexibility index (Phi) is 6.36. The van der Waals surface area contributed by atoms with Crippen molar-refractivity contribution in [2.75, 3.05) is 5.75 Å². The van der Waals surface area contributed by atoms with Gasteiger partial charge in [-0.1, -0.05) is 19.8 Å². The van der Waals surface area contributed by atoms with Crippen molar-refractivity contribution in [3.05, 3.63) is 30.1 Å². The first kappa shape index (κ1) is 16.1. The van der Waals surface area contributed by atoms with E-state index < -0.39 is 0 Å². The summed E-state index contributed by atoms with van der Waals surface area (Å²) >= 11 is 1.97. The van der Waals surface area contributed by atoms with E-state index in [2.05, 4.69) is 22.5 Å². The fourth-order valence-electron chi connectivity index (χ4n) is 2.82. The Labute approximate surface area is 131 Å². The zero-order chi connectivity index (χ0) is 15.1. The summed E-state index contributed by atoms with van der Waals surface area (Å²) in [6.45, 7) is 4.18. The van der Waals surface area contributed by atoms with Crippen LogP contribution in [0.5, 0.6) is 0 Å². The van der Waals surface area contributed by atoms with Gasteiger partial charge in [-0.2, -0.15) is 11.8 Å². The standard InChI is InChI=1S/C16H25N3OS/c1-3-21-15-7-5-4-6-14(15)19-16(20)18-12(2)13-8-10-17-11-9-13/h8-12,14-15H,3-7H2,1-2H3,(H2,18,19,20)/t12-,14-,15+/m0/s1. The van der Waals surface area contributed by atoms with E-state index in [1.807, 2.05) is 30.8 Å². The maximum atomic E-state index is 12.2. The minimum absolute atomic E-state index is 0.00568. The lowest BCUT2D eigenvalue weighted by molar-refractivity contribution is 0.230. The molecule has 0 saturated heterocycles. The van der Waals surface area contributed by atoms with Crippen LogP contribution >= 0.6 is 11.8 Å². The van der Waals surface area contributed by atoms with Crippen LogP contribution in [0.15, 0.2) is 24.5 Å². The van der Waals surface area contributed by atoms with Gasteiger partial charge in [0.25, 0.3) is 0 Å². The summed E-state index contributed by atoms with van der Waals surface area (Å²) in [5.41, 5.74) is 1.07. The first-order valence-electron chi connectivity index (χ1n) is 7.79. The lowest BCUT2D eigenvalue weighted by atomic mass is 9.95. The molecule has 3 atom stereocenters. The largest absolute Gasteiger partial charge is 0.334 e. The Balaban J connectivity index is 1.85. The maximum Gasteiger partial charge on any atom is 0.315 e. The molecule has 0 aliphatic heterocycles. The van der Waals surface area contributed by atoms with Crippen molar-refractivity contribution in [3.63, 3.8) is 0 Å². The third-order valence-corrected chi connectivity index (χ3v) is 5.28. The number of carbonyl (C=O) groups is 1. The summed E-state index contributed by atoms with van der Waals surface area (Å²) < 4.78 is 0. The van der Waals surface area contributed by atoms with Crippen LogP contribution in [0.1, 0.15) is 51.1 Å². The molecule has 2 amide bonds. The lowest BCUT2D eigenvalue weighted by Gasteiger charge is -2.32. The van der Waals surface area contributed by atoms with E-state index in [1.54, 1.807) is 12.4 Å². The molecule has 4 nitrogen and oxygen atoms in total. The molecule has 0 unspecified atom stereocenters. The molecule has 1 heterocycles. The number of hydrogen-bond acceptors (Lipinski definition) is 3. The van der Waals surface area contributed by atoms with Crippen LogP contribution in [0.4, 0.5) is 4.79 Å². The molecule has 0 radical (unpaired) electrons. The highest BCUT2D eigenvalue weighted by molar-refractivity contribution is 7.99. The summed E-state index contributed by atoms with van der Waals surface area (Å²) in [6, 6.07) is 4.10. The second-order valence-electron chi connectivity index (χ2n) is 5.50. The van der Waals surface area contributed by atoms with Gasteiger partial charge in [0.15, 0.2) is 0 Å². The third kappa shape index (κ3) is 4.92. The summed E-state index contributed by atoms with van der Waals surface area (Å²) in [4.78, 5) is 16.2. The van der Waals surface area contributed by atoms with Gasteiger partial charge in [0.2, 0.25) is 0 Å². The molecule has 1 aromatic heterocycles. The Bertz CT molecular complexity index is 438. The topological polar surface area (TPSA) is 54.0 Å². The first-order chi connectivity index (χ1) is 10.2. The molecule has 21 heavy (non-hydrogen) atoms. The van der Waals surface area contributed by atoms with E-state index >= 15 is 0 Å². The van der Waals surface area contributed by atoms with Crippen LogP contribution < -0.4 is 10.6 Å². The van der Waals surface area contributed by atoms with E-state index in [1.165, 1.54) is 19.3 Å². The number of aromatic nitrogens is 1. The Morgan fingerprint density at radius 2 is 2.10 bits per heavy atom. The molecule has 1 aromatic rings. The number of amides is 2. The summed E-state index contributed by atoms with van der Waals surface area (Å²) in [7, 11) is 0. The molecular weight excluding hydrogens is 282 g/mol. The number of urea groups is 1. The van der Waals surface area contributed by atoms with E-state index in [9.17, 15) is 4.79 Å². The molecule has 0 spiro atoms. The summed E-state index contributed by atoms with van der Waals surface area (Å²) in [5.74, 6) is 1.11. The smallest absolute Gasteiger partial charge is 0.315 e. The molecule has 5 heteroatoms. The highest BCUT2D eigenvalue weighted by Gasteiger charge is 2.26. The van der Waals surface area contributed by atoms with Gasteiger partial charge >= 0.3 is 6.03 Å². The van der Waals surface area contributed by atoms with Crippen molar-refractivity contribution in [1.82, 2.24) is 15.6 Å². The van der Waals surface area contributed by atoms with Crippen molar-refractivity contribution in [1.29, 1.82) is 0 Å². The highest BCUT2D eigenvalue weighted by atomic mass is 32.2. The summed E-state index contributed by atoms with van der Waals surface area (Å²) in [5, 5.41) is 6.75. The lowest BCUT2D eigenvalue weighted by Crippen LogP contribution is -2.48. The van der Waals surface area contributed by atoms with E-state index in [0.29, 0.717) is 11.3 Å². The third-order valence-electron chi connectivity index (χ3n) is 3.95. The van der Waals surface area contributed by atoms with Crippen LogP contribution in [0.3, 0.4) is 0 Å². The molecule has 1 aliphatic rings. The predicted octanol–water partition coefficient (Wildman–Crippen LogP) is 3.51. The van der Waals surface area contributed by atoms with Crippen LogP contribution in [-0.2, 0) is 0 Å². The van der Waals surface area contributed by atoms with Crippen molar-refractivity contribution < 1.29 is 4.79 Å². The van der Waals surface area contributed by atoms with E-state index in [4.69, 9.17) is 0 Å². The van der Waals surface area contributed by atoms with Crippen LogP contribution in [-0.4, -0.2) is 28.1 Å². The molecule has 0 bridgehead atoms. The van der Waals surface area contributed by atoms with Gasteiger partial charge in [0, 0.05) is 23.7 Å². The fourth-order valence-corrected chi connectivity index (χ4v) is 4.02. The molecule has 116 valence electrons. The zero-order valence-electron chi connectivity index (χ0n) is 12.8. The SMILES string of the molecule is CCS[C@@H]1CCCC[C@@H]1NC(=O)N[C@@H](C)c1ccncc1. The normalized spacial score (nSPS) is 23.3. The van der Waals surface area contributed by atoms with Gasteiger partial charge in [-0.05, 0) is 43.2 Å². The molecule has 1 saturated carbocycles. The Morgan fingerprint density at radius 1 is 1.38 bits per heavy atom. The number of thioether (sulfide) groups is 1. The van der Waals surface area contributed by atoms with Gasteiger partial charge in [0.05, 0.1) is 6.04 Å². The summed E-state index contributed by atoms with van der Waals surface area (Å²) in [6.07, 6.45) is 8.30. The number of hydrogen-bond donors (Lipinski definition) is 2. The van der Waals surface area contributed by atoms with Gasteiger partial charge in [0.1, 0.15) is 0 Å². The van der Waals surface area contributed by atoms with Gasteiger partial charge in [-0.3, -0.25) is 4.98 Å². The van der Waals surface area contributed by atoms with Gasteiger partial charge < -0.3 is 10.6 Å². The number of carbonyl (C=O) groups excluding carboxylic acids is 1. The predicted molar refractivity (Wildman–Crippen MR) is 88.5 cm³/mol. The average molecular weight is 307 g/mol. The number of pyridine rings is 1. The minimum Gasteiger partial charge on any atom is -0.334 e. The van der Waals surface area contributed by atoms with Gasteiger partial charge in [-0.15, -0.1) is 0 Å². The Morgan fingerprint density at radius 3 is 2.81 bits per heavy atom. The highest BCUT2D eigenvalue weighted by Crippen LogP contribution is 2.28. The van der Waals surface area contributed by atoms with Crippen LogP contribution in [0.25, 0.3) is 0 Å². The molecule has 1 fully saturated rings. The monoisotopic (exact) mass is 307 g/mol. The van der Waals surface area contributed by atoms with Crippen molar-refractivity contribution in [2.45, 2.75) is 56.9 Å².